The predicted octanol–water partition coefficient (Wildman–Crippen LogP) is 6.66. The van der Waals surface area contributed by atoms with E-state index in [2.05, 4.69) is 4.98 Å². The maximum atomic E-state index is 13.2. The maximum absolute atomic E-state index is 13.2. The molecule has 0 unspecified atom stereocenters. The van der Waals surface area contributed by atoms with Crippen LogP contribution in [0.25, 0.3) is 11.3 Å². The van der Waals surface area contributed by atoms with Crippen molar-refractivity contribution in [1.29, 1.82) is 0 Å². The second-order valence-electron chi connectivity index (χ2n) is 4.72. The van der Waals surface area contributed by atoms with E-state index >= 15 is 0 Å². The van der Waals surface area contributed by atoms with Crippen molar-refractivity contribution in [3.8, 4) is 11.3 Å². The minimum atomic E-state index is -4.89. The molecule has 0 aliphatic rings. The number of hydrogen-bond donors (Lipinski definition) is 1. The quantitative estimate of drug-likeness (QED) is 0.418. The van der Waals surface area contributed by atoms with E-state index in [-0.39, 0.29) is 36.4 Å². The van der Waals surface area contributed by atoms with Crippen molar-refractivity contribution < 1.29 is 23.1 Å². The highest BCUT2D eigenvalue weighted by molar-refractivity contribution is 6.56. The van der Waals surface area contributed by atoms with E-state index in [4.69, 9.17) is 63.1 Å². The van der Waals surface area contributed by atoms with Crippen LogP contribution in [0.5, 0.6) is 0 Å². The van der Waals surface area contributed by atoms with Crippen LogP contribution in [0.4, 0.5) is 13.2 Å². The average Bonchev–Trinajstić information content (AvgIpc) is 2.51. The number of benzene rings is 1. The lowest BCUT2D eigenvalue weighted by atomic mass is 10.1. The van der Waals surface area contributed by atoms with Crippen molar-refractivity contribution in [1.82, 2.24) is 4.98 Å². The minimum absolute atomic E-state index is 0.143. The number of pyridine rings is 1. The normalized spacial score (nSPS) is 11.7. The Kier molecular flexibility index (Phi) is 6.01. The molecule has 1 N–H and O–H groups in total. The molecule has 0 fully saturated rings. The van der Waals surface area contributed by atoms with Crippen LogP contribution in [0.1, 0.15) is 11.3 Å². The summed E-state index contributed by atoms with van der Waals surface area (Å²) in [5.41, 5.74) is -2.31. The molecule has 0 atom stereocenters. The SMILES string of the molecule is O=C(O)Cc1ccc(-c2c(Cl)c(Cl)c(Cl)c(Cl)c2Cl)nc1C(F)(F)F. The van der Waals surface area contributed by atoms with Crippen molar-refractivity contribution >= 4 is 64.0 Å². The van der Waals surface area contributed by atoms with Crippen LogP contribution in [-0.4, -0.2) is 16.1 Å². The first-order valence-corrected chi connectivity index (χ1v) is 8.14. The van der Waals surface area contributed by atoms with Gasteiger partial charge in [-0.3, -0.25) is 4.79 Å². The molecule has 0 amide bonds. The summed E-state index contributed by atoms with van der Waals surface area (Å²) in [6.07, 6.45) is -5.74. The first kappa shape index (κ1) is 20.4. The standard InChI is InChI=1S/C14H5Cl5F3NO2/c15-8-7(9(16)11(18)12(19)10(8)17)5-2-1-4(3-6(24)25)13(23-5)14(20,21)22/h1-2H,3H2,(H,24,25). The van der Waals surface area contributed by atoms with Gasteiger partial charge >= 0.3 is 12.1 Å². The van der Waals surface area contributed by atoms with Gasteiger partial charge in [0.25, 0.3) is 0 Å². The zero-order valence-electron chi connectivity index (χ0n) is 11.7. The lowest BCUT2D eigenvalue weighted by Crippen LogP contribution is -2.15. The largest absolute Gasteiger partial charge is 0.481 e. The predicted molar refractivity (Wildman–Crippen MR) is 91.1 cm³/mol. The summed E-state index contributed by atoms with van der Waals surface area (Å²) >= 11 is 29.7. The molecule has 0 radical (unpaired) electrons. The molecular formula is C14H5Cl5F3NO2. The molecule has 25 heavy (non-hydrogen) atoms. The number of halogens is 8. The smallest absolute Gasteiger partial charge is 0.433 e. The van der Waals surface area contributed by atoms with Crippen LogP contribution >= 0.6 is 58.0 Å². The van der Waals surface area contributed by atoms with Gasteiger partial charge in [0.1, 0.15) is 5.69 Å². The zero-order chi connectivity index (χ0) is 19.1. The van der Waals surface area contributed by atoms with E-state index in [0.29, 0.717) is 0 Å². The Balaban J connectivity index is 2.76. The summed E-state index contributed by atoms with van der Waals surface area (Å²) in [6, 6.07) is 2.11. The third-order valence-corrected chi connectivity index (χ3v) is 5.33. The molecule has 134 valence electrons. The molecule has 1 aromatic heterocycles. The molecule has 0 bridgehead atoms. The molecule has 2 rings (SSSR count). The molecule has 2 aromatic rings. The van der Waals surface area contributed by atoms with Gasteiger partial charge in [-0.2, -0.15) is 13.2 Å². The summed E-state index contributed by atoms with van der Waals surface area (Å²) in [5, 5.41) is 7.74. The van der Waals surface area contributed by atoms with Crippen molar-refractivity contribution in [3.05, 3.63) is 48.5 Å². The van der Waals surface area contributed by atoms with Gasteiger partial charge in [0, 0.05) is 5.56 Å². The summed E-state index contributed by atoms with van der Waals surface area (Å²) in [6.45, 7) is 0. The number of aliphatic carboxylic acids is 1. The van der Waals surface area contributed by atoms with E-state index in [9.17, 15) is 18.0 Å². The maximum Gasteiger partial charge on any atom is 0.433 e. The molecule has 0 aliphatic carbocycles. The van der Waals surface area contributed by atoms with Crippen molar-refractivity contribution in [2.45, 2.75) is 12.6 Å². The van der Waals surface area contributed by atoms with E-state index < -0.39 is 29.8 Å². The summed E-state index contributed by atoms with van der Waals surface area (Å²) in [5.74, 6) is -1.44. The fourth-order valence-electron chi connectivity index (χ4n) is 2.01. The van der Waals surface area contributed by atoms with Crippen molar-refractivity contribution in [2.24, 2.45) is 0 Å². The van der Waals surface area contributed by atoms with Gasteiger partial charge in [-0.1, -0.05) is 64.1 Å². The second-order valence-corrected chi connectivity index (χ2v) is 6.61. The number of hydrogen-bond acceptors (Lipinski definition) is 2. The summed E-state index contributed by atoms with van der Waals surface area (Å²) in [7, 11) is 0. The first-order valence-electron chi connectivity index (χ1n) is 6.25. The lowest BCUT2D eigenvalue weighted by molar-refractivity contribution is -0.142. The van der Waals surface area contributed by atoms with Gasteiger partial charge in [-0.25, -0.2) is 4.98 Å². The molecule has 1 aromatic carbocycles. The van der Waals surface area contributed by atoms with Crippen molar-refractivity contribution in [2.75, 3.05) is 0 Å². The van der Waals surface area contributed by atoms with Gasteiger partial charge in [-0.15, -0.1) is 0 Å². The number of carboxylic acid groups (broad SMARTS) is 1. The van der Waals surface area contributed by atoms with Crippen LogP contribution < -0.4 is 0 Å². The molecule has 0 spiro atoms. The third-order valence-electron chi connectivity index (χ3n) is 3.05. The second kappa shape index (κ2) is 7.37. The zero-order valence-corrected chi connectivity index (χ0v) is 15.5. The van der Waals surface area contributed by atoms with Gasteiger partial charge < -0.3 is 5.11 Å². The van der Waals surface area contributed by atoms with E-state index in [1.165, 1.54) is 0 Å². The molecule has 0 saturated carbocycles. The molecule has 11 heteroatoms. The van der Waals surface area contributed by atoms with Crippen LogP contribution in [0.3, 0.4) is 0 Å². The molecule has 0 saturated heterocycles. The van der Waals surface area contributed by atoms with Gasteiger partial charge in [0.05, 0.1) is 37.2 Å². The van der Waals surface area contributed by atoms with Gasteiger partial charge in [-0.05, 0) is 11.6 Å². The fourth-order valence-corrected chi connectivity index (χ4v) is 3.34. The number of carboxylic acids is 1. The highest BCUT2D eigenvalue weighted by Gasteiger charge is 2.36. The Morgan fingerprint density at radius 2 is 1.44 bits per heavy atom. The topological polar surface area (TPSA) is 50.2 Å². The fraction of sp³-hybridized carbons (Fsp3) is 0.143. The third kappa shape index (κ3) is 4.09. The number of aromatic nitrogens is 1. The number of rotatable bonds is 3. The van der Waals surface area contributed by atoms with E-state index in [0.717, 1.165) is 12.1 Å². The Bertz CT molecular complexity index is 842. The van der Waals surface area contributed by atoms with E-state index in [1.807, 2.05) is 0 Å². The Hall–Kier alpha value is -0.920. The minimum Gasteiger partial charge on any atom is -0.481 e. The molecule has 3 nitrogen and oxygen atoms in total. The van der Waals surface area contributed by atoms with E-state index in [1.54, 1.807) is 0 Å². The van der Waals surface area contributed by atoms with Crippen molar-refractivity contribution in [3.63, 3.8) is 0 Å². The van der Waals surface area contributed by atoms with Crippen LogP contribution in [0.15, 0.2) is 12.1 Å². The highest BCUT2D eigenvalue weighted by Crippen LogP contribution is 2.48. The molecular weight excluding hydrogens is 448 g/mol. The summed E-state index contributed by atoms with van der Waals surface area (Å²) < 4.78 is 39.7. The Morgan fingerprint density at radius 3 is 1.88 bits per heavy atom. The Morgan fingerprint density at radius 1 is 0.960 bits per heavy atom. The average molecular weight is 453 g/mol. The summed E-state index contributed by atoms with van der Waals surface area (Å²) in [4.78, 5) is 14.2. The van der Waals surface area contributed by atoms with Gasteiger partial charge in [0.2, 0.25) is 0 Å². The molecule has 1 heterocycles. The number of alkyl halides is 3. The molecule has 0 aliphatic heterocycles. The first-order chi connectivity index (χ1) is 11.4. The monoisotopic (exact) mass is 451 g/mol. The lowest BCUT2D eigenvalue weighted by Gasteiger charge is -2.15. The Labute approximate surface area is 164 Å². The van der Waals surface area contributed by atoms with Crippen LogP contribution in [0, 0.1) is 0 Å². The van der Waals surface area contributed by atoms with Gasteiger partial charge in [0.15, 0.2) is 0 Å². The van der Waals surface area contributed by atoms with Crippen LogP contribution in [-0.2, 0) is 17.4 Å². The number of nitrogens with zero attached hydrogens (tertiary/aromatic N) is 1. The number of carbonyl (C=O) groups is 1. The van der Waals surface area contributed by atoms with Crippen LogP contribution in [0.2, 0.25) is 25.1 Å². The highest BCUT2D eigenvalue weighted by atomic mass is 35.5.